The van der Waals surface area contributed by atoms with Crippen molar-refractivity contribution in [1.29, 1.82) is 0 Å². The number of ketones is 1. The van der Waals surface area contributed by atoms with E-state index in [0.717, 1.165) is 63.9 Å². The van der Waals surface area contributed by atoms with Crippen LogP contribution in [0.1, 0.15) is 70.3 Å². The molecular formula is C24H36O5S. The topological polar surface area (TPSA) is 61.8 Å². The Morgan fingerprint density at radius 3 is 2.67 bits per heavy atom. The van der Waals surface area contributed by atoms with Gasteiger partial charge < -0.3 is 14.2 Å². The summed E-state index contributed by atoms with van der Waals surface area (Å²) in [5, 5.41) is 0. The highest BCUT2D eigenvalue weighted by Gasteiger charge is 2.13. The SMILES string of the molecule is CCCC(=O)CC(=O)OCCCCSc1ccc(CCCOC2CCCCO2)cc1. The Morgan fingerprint density at radius 1 is 1.10 bits per heavy atom. The third-order valence-electron chi connectivity index (χ3n) is 4.92. The molecule has 0 aliphatic carbocycles. The Kier molecular flexibility index (Phi) is 12.8. The van der Waals surface area contributed by atoms with Gasteiger partial charge >= 0.3 is 5.97 Å². The summed E-state index contributed by atoms with van der Waals surface area (Å²) in [5.74, 6) is 0.557. The van der Waals surface area contributed by atoms with Gasteiger partial charge in [-0.25, -0.2) is 0 Å². The number of unbranched alkanes of at least 4 members (excludes halogenated alkanes) is 1. The Bertz CT molecular complexity index is 611. The fraction of sp³-hybridized carbons (Fsp3) is 0.667. The lowest BCUT2D eigenvalue weighted by atomic mass is 10.1. The minimum atomic E-state index is -0.395. The Labute approximate surface area is 185 Å². The first kappa shape index (κ1) is 24.9. The van der Waals surface area contributed by atoms with Crippen molar-refractivity contribution in [2.45, 2.75) is 82.3 Å². The molecular weight excluding hydrogens is 400 g/mol. The van der Waals surface area contributed by atoms with Crippen molar-refractivity contribution >= 4 is 23.5 Å². The van der Waals surface area contributed by atoms with Crippen molar-refractivity contribution in [2.24, 2.45) is 0 Å². The number of carbonyl (C=O) groups excluding carboxylic acids is 2. The van der Waals surface area contributed by atoms with Crippen LogP contribution in [0.15, 0.2) is 29.2 Å². The van der Waals surface area contributed by atoms with Gasteiger partial charge in [0.05, 0.1) is 13.2 Å². The van der Waals surface area contributed by atoms with Crippen LogP contribution >= 0.6 is 11.8 Å². The van der Waals surface area contributed by atoms with Gasteiger partial charge in [0.1, 0.15) is 12.2 Å². The number of carbonyl (C=O) groups is 2. The summed E-state index contributed by atoms with van der Waals surface area (Å²) in [4.78, 5) is 24.2. The average Bonchev–Trinajstić information content (AvgIpc) is 2.75. The molecule has 2 rings (SSSR count). The largest absolute Gasteiger partial charge is 0.465 e. The third-order valence-corrected chi connectivity index (χ3v) is 6.01. The number of ether oxygens (including phenoxy) is 3. The van der Waals surface area contributed by atoms with Crippen LogP contribution in [-0.4, -0.2) is 43.6 Å². The van der Waals surface area contributed by atoms with E-state index >= 15 is 0 Å². The standard InChI is InChI=1S/C24H36O5S/c1-2-8-21(25)19-23(26)27-15-5-6-18-30-22-13-11-20(12-14-22)9-7-17-29-24-10-3-4-16-28-24/h11-14,24H,2-10,15-19H2,1H3. The van der Waals surface area contributed by atoms with E-state index < -0.39 is 5.97 Å². The molecule has 1 aliphatic rings. The molecule has 1 aromatic carbocycles. The Morgan fingerprint density at radius 2 is 1.93 bits per heavy atom. The van der Waals surface area contributed by atoms with Crippen molar-refractivity contribution in [3.63, 3.8) is 0 Å². The predicted octanol–water partition coefficient (Wildman–Crippen LogP) is 5.34. The molecule has 5 nitrogen and oxygen atoms in total. The second-order valence-electron chi connectivity index (χ2n) is 7.66. The number of esters is 1. The van der Waals surface area contributed by atoms with Crippen molar-refractivity contribution < 1.29 is 23.8 Å². The van der Waals surface area contributed by atoms with Gasteiger partial charge in [0.2, 0.25) is 0 Å². The molecule has 30 heavy (non-hydrogen) atoms. The number of rotatable bonds is 15. The third kappa shape index (κ3) is 11.1. The van der Waals surface area contributed by atoms with E-state index in [9.17, 15) is 9.59 Å². The number of hydrogen-bond acceptors (Lipinski definition) is 6. The molecule has 0 amide bonds. The number of Topliss-reactive ketones (excluding diaryl/α,β-unsaturated/α-hetero) is 1. The monoisotopic (exact) mass is 436 g/mol. The van der Waals surface area contributed by atoms with Crippen LogP contribution in [0.25, 0.3) is 0 Å². The molecule has 0 aromatic heterocycles. The van der Waals surface area contributed by atoms with Gasteiger partial charge in [0.25, 0.3) is 0 Å². The molecule has 0 N–H and O–H groups in total. The van der Waals surface area contributed by atoms with Gasteiger partial charge in [0, 0.05) is 17.9 Å². The summed E-state index contributed by atoms with van der Waals surface area (Å²) in [6.07, 6.45) is 8.34. The van der Waals surface area contributed by atoms with Gasteiger partial charge in [-0.2, -0.15) is 0 Å². The van der Waals surface area contributed by atoms with Gasteiger partial charge in [-0.3, -0.25) is 9.59 Å². The maximum Gasteiger partial charge on any atom is 0.313 e. The Balaban J connectivity index is 1.48. The molecule has 1 heterocycles. The van der Waals surface area contributed by atoms with Crippen molar-refractivity contribution in [3.05, 3.63) is 29.8 Å². The molecule has 1 fully saturated rings. The van der Waals surface area contributed by atoms with Crippen LogP contribution in [0.5, 0.6) is 0 Å². The molecule has 1 aromatic rings. The lowest BCUT2D eigenvalue weighted by Crippen LogP contribution is -2.22. The van der Waals surface area contributed by atoms with Crippen molar-refractivity contribution in [3.8, 4) is 0 Å². The molecule has 0 spiro atoms. The lowest BCUT2D eigenvalue weighted by molar-refractivity contribution is -0.162. The van der Waals surface area contributed by atoms with Crippen LogP contribution in [-0.2, 0) is 30.2 Å². The van der Waals surface area contributed by atoms with E-state index in [4.69, 9.17) is 14.2 Å². The van der Waals surface area contributed by atoms with Gasteiger partial charge in [0.15, 0.2) is 6.29 Å². The summed E-state index contributed by atoms with van der Waals surface area (Å²) in [7, 11) is 0. The maximum atomic E-state index is 11.5. The smallest absolute Gasteiger partial charge is 0.313 e. The van der Waals surface area contributed by atoms with E-state index in [1.54, 1.807) is 0 Å². The molecule has 0 saturated carbocycles. The number of thioether (sulfide) groups is 1. The Hall–Kier alpha value is -1.37. The highest BCUT2D eigenvalue weighted by atomic mass is 32.2. The first-order valence-electron chi connectivity index (χ1n) is 11.3. The van der Waals surface area contributed by atoms with Crippen LogP contribution in [0.4, 0.5) is 0 Å². The zero-order valence-electron chi connectivity index (χ0n) is 18.2. The van der Waals surface area contributed by atoms with E-state index in [1.165, 1.54) is 16.9 Å². The summed E-state index contributed by atoms with van der Waals surface area (Å²) < 4.78 is 16.5. The molecule has 6 heteroatoms. The van der Waals surface area contributed by atoms with E-state index in [-0.39, 0.29) is 18.5 Å². The molecule has 1 saturated heterocycles. The average molecular weight is 437 g/mol. The van der Waals surface area contributed by atoms with Gasteiger partial charge in [-0.1, -0.05) is 19.1 Å². The quantitative estimate of drug-likeness (QED) is 0.160. The van der Waals surface area contributed by atoms with Crippen molar-refractivity contribution in [1.82, 2.24) is 0 Å². The number of aryl methyl sites for hydroxylation is 1. The second-order valence-corrected chi connectivity index (χ2v) is 8.82. The van der Waals surface area contributed by atoms with Crippen LogP contribution in [0.2, 0.25) is 0 Å². The normalized spacial score (nSPS) is 16.4. The molecule has 1 atom stereocenters. The first-order chi connectivity index (χ1) is 14.7. The fourth-order valence-corrected chi connectivity index (χ4v) is 4.16. The maximum absolute atomic E-state index is 11.5. The highest BCUT2D eigenvalue weighted by Crippen LogP contribution is 2.20. The van der Waals surface area contributed by atoms with E-state index in [2.05, 4.69) is 24.3 Å². The van der Waals surface area contributed by atoms with Gasteiger partial charge in [-0.05, 0) is 74.8 Å². The minimum absolute atomic E-state index is 0.00426. The van der Waals surface area contributed by atoms with Crippen molar-refractivity contribution in [2.75, 3.05) is 25.6 Å². The molecule has 1 aliphatic heterocycles. The lowest BCUT2D eigenvalue weighted by Gasteiger charge is -2.22. The summed E-state index contributed by atoms with van der Waals surface area (Å²) in [5.41, 5.74) is 1.33. The number of hydrogen-bond donors (Lipinski definition) is 0. The van der Waals surface area contributed by atoms with Crippen LogP contribution in [0.3, 0.4) is 0 Å². The molecule has 0 radical (unpaired) electrons. The van der Waals surface area contributed by atoms with Crippen LogP contribution < -0.4 is 0 Å². The minimum Gasteiger partial charge on any atom is -0.465 e. The van der Waals surface area contributed by atoms with E-state index in [0.29, 0.717) is 13.0 Å². The van der Waals surface area contributed by atoms with Crippen LogP contribution in [0, 0.1) is 0 Å². The fourth-order valence-electron chi connectivity index (χ4n) is 3.25. The second kappa shape index (κ2) is 15.4. The zero-order valence-corrected chi connectivity index (χ0v) is 19.1. The highest BCUT2D eigenvalue weighted by molar-refractivity contribution is 7.99. The summed E-state index contributed by atoms with van der Waals surface area (Å²) in [6, 6.07) is 8.72. The summed E-state index contributed by atoms with van der Waals surface area (Å²) in [6.45, 7) is 3.90. The first-order valence-corrected chi connectivity index (χ1v) is 12.3. The molecule has 168 valence electrons. The predicted molar refractivity (Wildman–Crippen MR) is 120 cm³/mol. The van der Waals surface area contributed by atoms with E-state index in [1.807, 2.05) is 18.7 Å². The summed E-state index contributed by atoms with van der Waals surface area (Å²) >= 11 is 1.82. The molecule has 1 unspecified atom stereocenters. The number of benzene rings is 1. The molecule has 0 bridgehead atoms. The van der Waals surface area contributed by atoms with Gasteiger partial charge in [-0.15, -0.1) is 11.8 Å². The zero-order chi connectivity index (χ0) is 21.4.